The molecule has 0 aromatic heterocycles. The molecule has 0 heterocycles. The Morgan fingerprint density at radius 3 is 1.07 bits per heavy atom. The van der Waals surface area contributed by atoms with Gasteiger partial charge in [-0.2, -0.15) is 0 Å². The first-order valence-electron chi connectivity index (χ1n) is 23.3. The van der Waals surface area contributed by atoms with Crippen LogP contribution in [0.15, 0.2) is 152 Å². The van der Waals surface area contributed by atoms with Crippen molar-refractivity contribution in [2.24, 2.45) is 11.8 Å². The Balaban J connectivity index is 0.0000110. The number of carbonyl (C=O) groups is 6. The molecule has 17 heteroatoms. The van der Waals surface area contributed by atoms with Crippen LogP contribution in [0.25, 0.3) is 0 Å². The number of hydrogen-bond acceptors (Lipinski definition) is 11. The molecule has 0 spiro atoms. The third-order valence-corrected chi connectivity index (χ3v) is 12.7. The number of ether oxygens (including phenoxy) is 2. The number of hydrogen-bond donors (Lipinski definition) is 4. The second kappa shape index (κ2) is 29.5. The molecule has 5 aromatic rings. The van der Waals surface area contributed by atoms with Crippen LogP contribution in [0.3, 0.4) is 0 Å². The number of benzene rings is 5. The van der Waals surface area contributed by atoms with E-state index in [0.29, 0.717) is 11.1 Å². The molecule has 4 atom stereocenters. The molecule has 15 nitrogen and oxygen atoms in total. The van der Waals surface area contributed by atoms with Crippen LogP contribution in [0, 0.1) is 11.8 Å². The number of alkyl carbamates (subject to hydrolysis) is 2. The molecule has 5 rings (SSSR count). The molecule has 378 valence electrons. The van der Waals surface area contributed by atoms with Crippen molar-refractivity contribution in [1.29, 1.82) is 0 Å². The van der Waals surface area contributed by atoms with Gasteiger partial charge < -0.3 is 30.7 Å². The van der Waals surface area contributed by atoms with Gasteiger partial charge >= 0.3 is 19.8 Å². The van der Waals surface area contributed by atoms with Gasteiger partial charge in [0.1, 0.15) is 38.5 Å². The molecule has 0 aliphatic rings. The molecule has 4 N–H and O–H groups in total. The standard InChI is InChI=1S/C54H63N4O11P.ClH/c1-38(2)30-47(57-53(63)66-34-42-24-14-7-15-25-42)51(61)55-45(32-40-20-10-5-11-21-40)49(59)36-68-70(65,44-28-18-9-19-29-44)69-37-50(60)46(33-41-22-12-6-13-23-41)56-52(62)48(31-39(3)4)58-54(64)67-35-43-26-16-8-17-27-43;/h5-29,38-39,45-48H,30-37H2,1-4H3,(H,55,61)(H,56,62)(H,57,63)(H,58,64);1H/t45-,46-,47-,48-;/m0./s1. The predicted octanol–water partition coefficient (Wildman–Crippen LogP) is 8.24. The summed E-state index contributed by atoms with van der Waals surface area (Å²) in [7, 11) is -4.49. The minimum atomic E-state index is -4.49. The van der Waals surface area contributed by atoms with E-state index >= 15 is 0 Å². The third-order valence-electron chi connectivity index (χ3n) is 10.9. The number of carbonyl (C=O) groups excluding carboxylic acids is 6. The summed E-state index contributed by atoms with van der Waals surface area (Å²) in [5.74, 6) is -2.71. The number of halogens is 1. The van der Waals surface area contributed by atoms with Crippen molar-refractivity contribution in [3.8, 4) is 0 Å². The summed E-state index contributed by atoms with van der Waals surface area (Å²) in [6.07, 6.45) is -1.13. The molecular formula is C54H64ClN4O11P. The highest BCUT2D eigenvalue weighted by Crippen LogP contribution is 2.47. The lowest BCUT2D eigenvalue weighted by Crippen LogP contribution is -2.53. The fourth-order valence-corrected chi connectivity index (χ4v) is 8.75. The summed E-state index contributed by atoms with van der Waals surface area (Å²) in [5.41, 5.74) is 2.92. The lowest BCUT2D eigenvalue weighted by molar-refractivity contribution is -0.130. The Bertz CT molecular complexity index is 2340. The van der Waals surface area contributed by atoms with Gasteiger partial charge in [0, 0.05) is 0 Å². The molecule has 0 saturated carbocycles. The van der Waals surface area contributed by atoms with E-state index < -0.39 is 80.5 Å². The highest BCUT2D eigenvalue weighted by molar-refractivity contribution is 7.62. The Kier molecular flexibility index (Phi) is 23.7. The smallest absolute Gasteiger partial charge is 0.408 e. The predicted molar refractivity (Wildman–Crippen MR) is 273 cm³/mol. The average Bonchev–Trinajstić information content (AvgIpc) is 3.36. The first-order chi connectivity index (χ1) is 33.7. The van der Waals surface area contributed by atoms with Crippen LogP contribution >= 0.6 is 20.0 Å². The average molecular weight is 1010 g/mol. The Labute approximate surface area is 422 Å². The van der Waals surface area contributed by atoms with Gasteiger partial charge in [0.15, 0.2) is 11.6 Å². The summed E-state index contributed by atoms with van der Waals surface area (Å²) >= 11 is 0. The van der Waals surface area contributed by atoms with Crippen LogP contribution < -0.4 is 26.6 Å². The third kappa shape index (κ3) is 19.9. The Morgan fingerprint density at radius 1 is 0.437 bits per heavy atom. The second-order valence-corrected chi connectivity index (χ2v) is 19.6. The minimum Gasteiger partial charge on any atom is -0.445 e. The number of nitrogens with one attached hydrogen (secondary N) is 4. The molecule has 0 aliphatic heterocycles. The number of Topliss-reactive ketones (excluding diaryl/α,β-unsaturated/α-hetero) is 2. The highest BCUT2D eigenvalue weighted by atomic mass is 35.5. The van der Waals surface area contributed by atoms with Crippen molar-refractivity contribution in [3.05, 3.63) is 174 Å². The van der Waals surface area contributed by atoms with E-state index in [4.69, 9.17) is 18.5 Å². The second-order valence-electron chi connectivity index (χ2n) is 17.6. The molecule has 0 fully saturated rings. The number of amides is 4. The molecule has 0 bridgehead atoms. The minimum absolute atomic E-state index is 0. The van der Waals surface area contributed by atoms with E-state index in [9.17, 15) is 33.3 Å². The number of rotatable bonds is 27. The van der Waals surface area contributed by atoms with Crippen molar-refractivity contribution >= 4 is 60.9 Å². The van der Waals surface area contributed by atoms with E-state index in [-0.39, 0.29) is 68.4 Å². The van der Waals surface area contributed by atoms with Crippen molar-refractivity contribution in [3.63, 3.8) is 0 Å². The fourth-order valence-electron chi connectivity index (χ4n) is 7.25. The van der Waals surface area contributed by atoms with Gasteiger partial charge in [-0.15, -0.1) is 12.4 Å². The molecular weight excluding hydrogens is 947 g/mol. The quantitative estimate of drug-likeness (QED) is 0.0369. The van der Waals surface area contributed by atoms with E-state index in [1.54, 1.807) is 103 Å². The van der Waals surface area contributed by atoms with Crippen LogP contribution in [0.1, 0.15) is 62.8 Å². The van der Waals surface area contributed by atoms with Crippen LogP contribution in [-0.2, 0) is 68.3 Å². The van der Waals surface area contributed by atoms with Crippen LogP contribution in [0.2, 0.25) is 0 Å². The highest BCUT2D eigenvalue weighted by Gasteiger charge is 2.35. The normalized spacial score (nSPS) is 12.8. The molecule has 71 heavy (non-hydrogen) atoms. The van der Waals surface area contributed by atoms with Crippen molar-refractivity contribution in [1.82, 2.24) is 21.3 Å². The topological polar surface area (TPSA) is 205 Å². The van der Waals surface area contributed by atoms with E-state index in [2.05, 4.69) is 21.3 Å². The number of ketones is 2. The van der Waals surface area contributed by atoms with Gasteiger partial charge in [-0.25, -0.2) is 9.59 Å². The first-order valence-corrected chi connectivity index (χ1v) is 24.8. The van der Waals surface area contributed by atoms with Crippen molar-refractivity contribution < 1.29 is 51.9 Å². The van der Waals surface area contributed by atoms with Crippen molar-refractivity contribution in [2.75, 3.05) is 13.2 Å². The van der Waals surface area contributed by atoms with Gasteiger partial charge in [-0.3, -0.25) is 32.8 Å². The molecule has 4 amide bonds. The Morgan fingerprint density at radius 2 is 0.746 bits per heavy atom. The summed E-state index contributed by atoms with van der Waals surface area (Å²) in [5, 5.41) is 10.9. The summed E-state index contributed by atoms with van der Waals surface area (Å²) < 4.78 is 37.4. The van der Waals surface area contributed by atoms with Crippen LogP contribution in [-0.4, -0.2) is 72.9 Å². The van der Waals surface area contributed by atoms with E-state index in [1.807, 2.05) is 64.1 Å². The molecule has 5 aromatic carbocycles. The lowest BCUT2D eigenvalue weighted by Gasteiger charge is -2.26. The van der Waals surface area contributed by atoms with Gasteiger partial charge in [-0.05, 0) is 71.9 Å². The van der Waals surface area contributed by atoms with Crippen LogP contribution in [0.4, 0.5) is 9.59 Å². The Hall–Kier alpha value is -6.64. The maximum absolute atomic E-state index is 14.8. The summed E-state index contributed by atoms with van der Waals surface area (Å²) in [6.45, 7) is 5.88. The molecule has 0 unspecified atom stereocenters. The maximum atomic E-state index is 14.8. The largest absolute Gasteiger partial charge is 0.445 e. The van der Waals surface area contributed by atoms with Gasteiger partial charge in [-0.1, -0.05) is 167 Å². The zero-order valence-corrected chi connectivity index (χ0v) is 42.1. The van der Waals surface area contributed by atoms with Gasteiger partial charge in [0.25, 0.3) is 0 Å². The SMILES string of the molecule is CC(C)C[C@H](NC(=O)OCc1ccccc1)C(=O)N[C@@H](Cc1ccccc1)C(=O)COP(=O)(OCC(=O)[C@H](Cc1ccccc1)NC(=O)[C@H](CC(C)C)NC(=O)OCc1ccccc1)c1ccccc1.Cl. The van der Waals surface area contributed by atoms with Gasteiger partial charge in [0.2, 0.25) is 11.8 Å². The van der Waals surface area contributed by atoms with E-state index in [1.165, 1.54) is 12.1 Å². The van der Waals surface area contributed by atoms with Crippen LogP contribution in [0.5, 0.6) is 0 Å². The molecule has 0 radical (unpaired) electrons. The maximum Gasteiger partial charge on any atom is 0.408 e. The lowest BCUT2D eigenvalue weighted by atomic mass is 10.00. The molecule has 0 saturated heterocycles. The van der Waals surface area contributed by atoms with Gasteiger partial charge in [0.05, 0.1) is 17.4 Å². The molecule has 0 aliphatic carbocycles. The zero-order valence-electron chi connectivity index (χ0n) is 40.4. The zero-order chi connectivity index (χ0) is 50.3. The monoisotopic (exact) mass is 1010 g/mol. The van der Waals surface area contributed by atoms with Crippen molar-refractivity contribution in [2.45, 2.75) is 90.8 Å². The fraction of sp³-hybridized carbons (Fsp3) is 0.333. The summed E-state index contributed by atoms with van der Waals surface area (Å²) in [6, 6.07) is 39.2. The first kappa shape index (κ1) is 56.9. The van der Waals surface area contributed by atoms with E-state index in [0.717, 1.165) is 11.1 Å². The summed E-state index contributed by atoms with van der Waals surface area (Å²) in [4.78, 5) is 82.2.